The zero-order valence-electron chi connectivity index (χ0n) is 11.9. The Bertz CT molecular complexity index is 617. The Morgan fingerprint density at radius 2 is 2.24 bits per heavy atom. The van der Waals surface area contributed by atoms with Crippen LogP contribution in [0.1, 0.15) is 20.3 Å². The summed E-state index contributed by atoms with van der Waals surface area (Å²) < 4.78 is 13.7. The Morgan fingerprint density at radius 1 is 1.48 bits per heavy atom. The van der Waals surface area contributed by atoms with Gasteiger partial charge in [0.15, 0.2) is 5.82 Å². The molecule has 21 heavy (non-hydrogen) atoms. The number of nitrogens with one attached hydrogen (secondary N) is 2. The molecule has 5 nitrogen and oxygen atoms in total. The molecule has 0 aliphatic carbocycles. The topological polar surface area (TPSA) is 70.7 Å². The van der Waals surface area contributed by atoms with Crippen molar-refractivity contribution in [1.82, 2.24) is 20.5 Å². The number of amides is 1. The van der Waals surface area contributed by atoms with Crippen LogP contribution in [0.4, 0.5) is 4.39 Å². The molecular formula is C14H17FN4OS. The van der Waals surface area contributed by atoms with Crippen LogP contribution in [0, 0.1) is 5.82 Å². The van der Waals surface area contributed by atoms with Crippen LogP contribution in [0.2, 0.25) is 0 Å². The average molecular weight is 308 g/mol. The highest BCUT2D eigenvalue weighted by Gasteiger charge is 2.17. The summed E-state index contributed by atoms with van der Waals surface area (Å²) in [4.78, 5) is 16.0. The third-order valence-electron chi connectivity index (χ3n) is 2.79. The lowest BCUT2D eigenvalue weighted by molar-refractivity contribution is -0.120. The highest BCUT2D eigenvalue weighted by atomic mass is 32.2. The molecule has 0 unspecified atom stereocenters. The number of H-pyrrole nitrogens is 1. The van der Waals surface area contributed by atoms with Crippen molar-refractivity contribution in [2.75, 3.05) is 6.54 Å². The van der Waals surface area contributed by atoms with Gasteiger partial charge in [-0.1, -0.05) is 30.8 Å². The largest absolute Gasteiger partial charge is 0.355 e. The van der Waals surface area contributed by atoms with E-state index in [1.165, 1.54) is 17.8 Å². The van der Waals surface area contributed by atoms with Gasteiger partial charge in [-0.2, -0.15) is 0 Å². The highest BCUT2D eigenvalue weighted by molar-refractivity contribution is 8.00. The maximum absolute atomic E-state index is 13.7. The van der Waals surface area contributed by atoms with E-state index in [1.807, 2.05) is 6.92 Å². The summed E-state index contributed by atoms with van der Waals surface area (Å²) >= 11 is 1.24. The summed E-state index contributed by atoms with van der Waals surface area (Å²) in [5.74, 6) is -0.0604. The Morgan fingerprint density at radius 3 is 2.95 bits per heavy atom. The molecule has 7 heteroatoms. The first-order valence-corrected chi connectivity index (χ1v) is 7.61. The zero-order valence-corrected chi connectivity index (χ0v) is 12.7. The number of hydrogen-bond acceptors (Lipinski definition) is 4. The Labute approximate surface area is 126 Å². The summed E-state index contributed by atoms with van der Waals surface area (Å²) in [7, 11) is 0. The molecule has 0 fully saturated rings. The average Bonchev–Trinajstić information content (AvgIpc) is 2.93. The fourth-order valence-electron chi connectivity index (χ4n) is 1.68. The molecule has 112 valence electrons. The minimum absolute atomic E-state index is 0.0564. The maximum atomic E-state index is 13.7. The van der Waals surface area contributed by atoms with E-state index in [1.54, 1.807) is 25.1 Å². The van der Waals surface area contributed by atoms with Crippen LogP contribution >= 0.6 is 11.8 Å². The minimum Gasteiger partial charge on any atom is -0.355 e. The minimum atomic E-state index is -0.362. The van der Waals surface area contributed by atoms with Gasteiger partial charge in [-0.05, 0) is 25.5 Å². The molecule has 2 N–H and O–H groups in total. The molecule has 0 aliphatic rings. The Balaban J connectivity index is 2.04. The fraction of sp³-hybridized carbons (Fsp3) is 0.357. The lowest BCUT2D eigenvalue weighted by Gasteiger charge is -2.08. The van der Waals surface area contributed by atoms with Crippen molar-refractivity contribution >= 4 is 17.7 Å². The molecule has 0 saturated heterocycles. The number of benzene rings is 1. The van der Waals surface area contributed by atoms with Gasteiger partial charge in [-0.25, -0.2) is 9.37 Å². The smallest absolute Gasteiger partial charge is 0.233 e. The van der Waals surface area contributed by atoms with E-state index in [0.717, 1.165) is 6.42 Å². The maximum Gasteiger partial charge on any atom is 0.233 e. The van der Waals surface area contributed by atoms with Gasteiger partial charge in [0.05, 0.1) is 10.8 Å². The molecule has 0 saturated carbocycles. The van der Waals surface area contributed by atoms with E-state index >= 15 is 0 Å². The van der Waals surface area contributed by atoms with Crippen molar-refractivity contribution in [1.29, 1.82) is 0 Å². The third kappa shape index (κ3) is 4.04. The second kappa shape index (κ2) is 7.21. The second-order valence-corrected chi connectivity index (χ2v) is 5.81. The zero-order chi connectivity index (χ0) is 15.2. The van der Waals surface area contributed by atoms with Crippen molar-refractivity contribution in [3.05, 3.63) is 30.1 Å². The van der Waals surface area contributed by atoms with E-state index in [9.17, 15) is 9.18 Å². The van der Waals surface area contributed by atoms with Gasteiger partial charge in [-0.15, -0.1) is 5.10 Å². The first kappa shape index (κ1) is 15.5. The summed E-state index contributed by atoms with van der Waals surface area (Å²) in [6.07, 6.45) is 0.890. The van der Waals surface area contributed by atoms with Gasteiger partial charge in [-0.3, -0.25) is 9.89 Å². The van der Waals surface area contributed by atoms with Crippen molar-refractivity contribution < 1.29 is 9.18 Å². The number of carbonyl (C=O) groups excluding carboxylic acids is 1. The quantitative estimate of drug-likeness (QED) is 0.805. The normalized spacial score (nSPS) is 12.1. The van der Waals surface area contributed by atoms with E-state index in [4.69, 9.17) is 0 Å². The van der Waals surface area contributed by atoms with E-state index in [-0.39, 0.29) is 17.0 Å². The van der Waals surface area contributed by atoms with Gasteiger partial charge in [0.2, 0.25) is 11.1 Å². The summed E-state index contributed by atoms with van der Waals surface area (Å²) in [5.41, 5.74) is 0.361. The molecule has 1 heterocycles. The predicted molar refractivity (Wildman–Crippen MR) is 80.4 cm³/mol. The predicted octanol–water partition coefficient (Wildman–Crippen LogP) is 2.62. The highest BCUT2D eigenvalue weighted by Crippen LogP contribution is 2.24. The monoisotopic (exact) mass is 308 g/mol. The summed E-state index contributed by atoms with van der Waals surface area (Å²) in [6.45, 7) is 4.43. The Hall–Kier alpha value is -1.89. The van der Waals surface area contributed by atoms with Crippen LogP contribution < -0.4 is 5.32 Å². The SMILES string of the molecule is CCCNC(=O)[C@@H](C)Sc1n[nH]c(-c2ccccc2F)n1. The van der Waals surface area contributed by atoms with E-state index in [0.29, 0.717) is 23.1 Å². The van der Waals surface area contributed by atoms with Gasteiger partial charge in [0, 0.05) is 6.54 Å². The van der Waals surface area contributed by atoms with Gasteiger partial charge >= 0.3 is 0 Å². The molecule has 0 bridgehead atoms. The van der Waals surface area contributed by atoms with Crippen molar-refractivity contribution in [2.24, 2.45) is 0 Å². The number of halogens is 1. The molecule has 0 aliphatic heterocycles. The first-order chi connectivity index (χ1) is 10.1. The van der Waals surface area contributed by atoms with Gasteiger partial charge < -0.3 is 5.32 Å². The molecule has 0 spiro atoms. The van der Waals surface area contributed by atoms with Crippen LogP contribution in [-0.4, -0.2) is 32.9 Å². The second-order valence-electron chi connectivity index (χ2n) is 4.50. The molecule has 0 radical (unpaired) electrons. The van der Waals surface area contributed by atoms with Gasteiger partial charge in [0.25, 0.3) is 0 Å². The standard InChI is InChI=1S/C14H17FN4OS/c1-3-8-16-13(20)9(2)21-14-17-12(18-19-14)10-6-4-5-7-11(10)15/h4-7,9H,3,8H2,1-2H3,(H,16,20)(H,17,18,19)/t9-/m1/s1. The number of aromatic nitrogens is 3. The lowest BCUT2D eigenvalue weighted by Crippen LogP contribution is -2.31. The third-order valence-corrected chi connectivity index (χ3v) is 3.76. The number of hydrogen-bond donors (Lipinski definition) is 2. The molecule has 1 aromatic carbocycles. The lowest BCUT2D eigenvalue weighted by atomic mass is 10.2. The number of rotatable bonds is 6. The van der Waals surface area contributed by atoms with Crippen molar-refractivity contribution in [2.45, 2.75) is 30.7 Å². The number of nitrogens with zero attached hydrogens (tertiary/aromatic N) is 2. The van der Waals surface area contributed by atoms with Crippen LogP contribution in [0.3, 0.4) is 0 Å². The van der Waals surface area contributed by atoms with Crippen LogP contribution in [0.25, 0.3) is 11.4 Å². The molecule has 1 aromatic heterocycles. The van der Waals surface area contributed by atoms with E-state index in [2.05, 4.69) is 20.5 Å². The van der Waals surface area contributed by atoms with Crippen LogP contribution in [0.5, 0.6) is 0 Å². The first-order valence-electron chi connectivity index (χ1n) is 6.73. The van der Waals surface area contributed by atoms with Gasteiger partial charge in [0.1, 0.15) is 5.82 Å². The molecule has 2 aromatic rings. The fourth-order valence-corrected chi connectivity index (χ4v) is 2.43. The summed E-state index contributed by atoms with van der Waals surface area (Å²) in [5, 5.41) is 9.65. The molecular weight excluding hydrogens is 291 g/mol. The molecule has 2 rings (SSSR count). The molecule has 1 atom stereocenters. The van der Waals surface area contributed by atoms with E-state index < -0.39 is 0 Å². The van der Waals surface area contributed by atoms with Crippen LogP contribution in [0.15, 0.2) is 29.4 Å². The number of thioether (sulfide) groups is 1. The van der Waals surface area contributed by atoms with Crippen molar-refractivity contribution in [3.63, 3.8) is 0 Å². The molecule has 1 amide bonds. The van der Waals surface area contributed by atoms with Crippen molar-refractivity contribution in [3.8, 4) is 11.4 Å². The number of aromatic amines is 1. The van der Waals surface area contributed by atoms with Crippen LogP contribution in [-0.2, 0) is 4.79 Å². The number of carbonyl (C=O) groups is 1. The summed E-state index contributed by atoms with van der Waals surface area (Å²) in [6, 6.07) is 6.34. The Kier molecular flexibility index (Phi) is 5.32.